The van der Waals surface area contributed by atoms with E-state index >= 15 is 0 Å². The van der Waals surface area contributed by atoms with E-state index in [1.165, 1.54) is 6.20 Å². The van der Waals surface area contributed by atoms with Crippen molar-refractivity contribution in [1.29, 1.82) is 0 Å². The lowest BCUT2D eigenvalue weighted by Gasteiger charge is -2.21. The summed E-state index contributed by atoms with van der Waals surface area (Å²) in [7, 11) is 0. The Morgan fingerprint density at radius 2 is 2.40 bits per heavy atom. The third-order valence-corrected chi connectivity index (χ3v) is 2.42. The van der Waals surface area contributed by atoms with Crippen LogP contribution in [-0.4, -0.2) is 11.5 Å². The lowest BCUT2D eigenvalue weighted by Crippen LogP contribution is -2.45. The van der Waals surface area contributed by atoms with Gasteiger partial charge < -0.3 is 9.73 Å². The van der Waals surface area contributed by atoms with Crippen molar-refractivity contribution in [1.82, 2.24) is 10.6 Å². The SMILES string of the molecule is ClC1=CN=C(Cl)NC1NCc1ccco1. The van der Waals surface area contributed by atoms with Crippen molar-refractivity contribution >= 4 is 28.5 Å². The number of halogens is 2. The zero-order valence-corrected chi connectivity index (χ0v) is 9.22. The Morgan fingerprint density at radius 1 is 1.53 bits per heavy atom. The zero-order valence-electron chi connectivity index (χ0n) is 7.71. The first kappa shape index (κ1) is 10.5. The predicted octanol–water partition coefficient (Wildman–Crippen LogP) is 1.97. The fourth-order valence-electron chi connectivity index (χ4n) is 1.18. The zero-order chi connectivity index (χ0) is 10.7. The molecule has 0 saturated carbocycles. The molecule has 0 amide bonds. The van der Waals surface area contributed by atoms with E-state index in [9.17, 15) is 0 Å². The average Bonchev–Trinajstić information content (AvgIpc) is 2.72. The molecule has 4 nitrogen and oxygen atoms in total. The monoisotopic (exact) mass is 245 g/mol. The average molecular weight is 246 g/mol. The molecule has 0 bridgehead atoms. The molecule has 1 aliphatic heterocycles. The molecule has 15 heavy (non-hydrogen) atoms. The maximum Gasteiger partial charge on any atom is 0.197 e. The van der Waals surface area contributed by atoms with Gasteiger partial charge >= 0.3 is 0 Å². The van der Waals surface area contributed by atoms with E-state index in [0.29, 0.717) is 16.9 Å². The van der Waals surface area contributed by atoms with Gasteiger partial charge in [-0.3, -0.25) is 5.32 Å². The van der Waals surface area contributed by atoms with Crippen LogP contribution in [0, 0.1) is 0 Å². The van der Waals surface area contributed by atoms with Crippen molar-refractivity contribution in [3.05, 3.63) is 35.4 Å². The Labute approximate surface area is 97.0 Å². The number of hydrogen-bond acceptors (Lipinski definition) is 4. The molecule has 0 saturated heterocycles. The van der Waals surface area contributed by atoms with Crippen LogP contribution in [0.3, 0.4) is 0 Å². The number of aliphatic imine (C=N–C) groups is 1. The van der Waals surface area contributed by atoms with Crippen molar-refractivity contribution in [2.24, 2.45) is 4.99 Å². The molecule has 1 aromatic heterocycles. The topological polar surface area (TPSA) is 49.6 Å². The molecule has 1 unspecified atom stereocenters. The van der Waals surface area contributed by atoms with Gasteiger partial charge in [0.1, 0.15) is 11.9 Å². The van der Waals surface area contributed by atoms with E-state index in [-0.39, 0.29) is 6.17 Å². The van der Waals surface area contributed by atoms with Gasteiger partial charge in [-0.05, 0) is 23.7 Å². The number of furan rings is 1. The first-order valence-corrected chi connectivity index (χ1v) is 5.12. The Bertz CT molecular complexity index is 386. The Hall–Kier alpha value is -0.970. The fraction of sp³-hybridized carbons (Fsp3) is 0.222. The van der Waals surface area contributed by atoms with Gasteiger partial charge in [0.05, 0.1) is 17.8 Å². The Balaban J connectivity index is 1.91. The summed E-state index contributed by atoms with van der Waals surface area (Å²) in [5, 5.41) is 6.90. The van der Waals surface area contributed by atoms with Gasteiger partial charge in [0.2, 0.25) is 0 Å². The van der Waals surface area contributed by atoms with Gasteiger partial charge in [0, 0.05) is 6.20 Å². The molecule has 6 heteroatoms. The van der Waals surface area contributed by atoms with Gasteiger partial charge in [-0.25, -0.2) is 4.99 Å². The lowest BCUT2D eigenvalue weighted by molar-refractivity contribution is 0.457. The van der Waals surface area contributed by atoms with Crippen LogP contribution in [0.5, 0.6) is 0 Å². The number of rotatable bonds is 3. The minimum absolute atomic E-state index is 0.221. The van der Waals surface area contributed by atoms with E-state index in [0.717, 1.165) is 5.76 Å². The second kappa shape index (κ2) is 4.70. The molecule has 2 rings (SSSR count). The summed E-state index contributed by atoms with van der Waals surface area (Å²) in [6, 6.07) is 3.71. The normalized spacial score (nSPS) is 20.5. The van der Waals surface area contributed by atoms with Gasteiger partial charge in [-0.1, -0.05) is 11.6 Å². The molecular formula is C9H9Cl2N3O. The molecule has 0 radical (unpaired) electrons. The van der Waals surface area contributed by atoms with E-state index in [1.807, 2.05) is 12.1 Å². The van der Waals surface area contributed by atoms with Gasteiger partial charge in [0.25, 0.3) is 0 Å². The molecule has 2 N–H and O–H groups in total. The molecule has 80 valence electrons. The molecule has 0 aliphatic carbocycles. The second-order valence-electron chi connectivity index (χ2n) is 2.97. The van der Waals surface area contributed by atoms with E-state index in [4.69, 9.17) is 27.6 Å². The standard InChI is InChI=1S/C9H9Cl2N3O/c10-7-5-13-9(11)14-8(7)12-4-6-2-1-3-15-6/h1-3,5,8,12H,4H2,(H,13,14). The smallest absolute Gasteiger partial charge is 0.197 e. The number of nitrogens with one attached hydrogen (secondary N) is 2. The maximum atomic E-state index is 5.93. The van der Waals surface area contributed by atoms with Crippen LogP contribution in [0.2, 0.25) is 0 Å². The minimum Gasteiger partial charge on any atom is -0.468 e. The van der Waals surface area contributed by atoms with Crippen LogP contribution in [0.15, 0.2) is 39.0 Å². The Morgan fingerprint density at radius 3 is 3.13 bits per heavy atom. The van der Waals surface area contributed by atoms with Crippen LogP contribution in [-0.2, 0) is 6.54 Å². The van der Waals surface area contributed by atoms with Crippen molar-refractivity contribution in [3.63, 3.8) is 0 Å². The second-order valence-corrected chi connectivity index (χ2v) is 3.77. The summed E-state index contributed by atoms with van der Waals surface area (Å²) in [5.41, 5.74) is 0. The molecule has 0 aromatic carbocycles. The van der Waals surface area contributed by atoms with Crippen LogP contribution in [0.4, 0.5) is 0 Å². The minimum atomic E-state index is -0.221. The first-order chi connectivity index (χ1) is 7.25. The highest BCUT2D eigenvalue weighted by Gasteiger charge is 2.16. The maximum absolute atomic E-state index is 5.93. The van der Waals surface area contributed by atoms with Gasteiger partial charge in [-0.15, -0.1) is 0 Å². The number of hydrogen-bond donors (Lipinski definition) is 2. The van der Waals surface area contributed by atoms with E-state index in [1.54, 1.807) is 6.26 Å². The number of nitrogens with zero attached hydrogens (tertiary/aromatic N) is 1. The third-order valence-electron chi connectivity index (χ3n) is 1.90. The highest BCUT2D eigenvalue weighted by molar-refractivity contribution is 6.65. The molecule has 1 aromatic rings. The largest absolute Gasteiger partial charge is 0.468 e. The molecular weight excluding hydrogens is 237 g/mol. The van der Waals surface area contributed by atoms with Crippen LogP contribution in [0.1, 0.15) is 5.76 Å². The summed E-state index contributed by atoms with van der Waals surface area (Å²) in [5.74, 6) is 0.833. The predicted molar refractivity (Wildman–Crippen MR) is 59.7 cm³/mol. The molecule has 0 spiro atoms. The van der Waals surface area contributed by atoms with Gasteiger partial charge in [-0.2, -0.15) is 0 Å². The van der Waals surface area contributed by atoms with Crippen molar-refractivity contribution in [3.8, 4) is 0 Å². The third kappa shape index (κ3) is 2.75. The first-order valence-electron chi connectivity index (χ1n) is 4.37. The highest BCUT2D eigenvalue weighted by Crippen LogP contribution is 2.12. The van der Waals surface area contributed by atoms with E-state index < -0.39 is 0 Å². The summed E-state index contributed by atoms with van der Waals surface area (Å²) < 4.78 is 5.17. The summed E-state index contributed by atoms with van der Waals surface area (Å²) in [6.07, 6.45) is 2.92. The molecule has 1 atom stereocenters. The van der Waals surface area contributed by atoms with Crippen molar-refractivity contribution in [2.45, 2.75) is 12.7 Å². The highest BCUT2D eigenvalue weighted by atomic mass is 35.5. The quantitative estimate of drug-likeness (QED) is 0.801. The molecule has 2 heterocycles. The fourth-order valence-corrected chi connectivity index (χ4v) is 1.52. The summed E-state index contributed by atoms with van der Waals surface area (Å²) in [4.78, 5) is 3.82. The molecule has 0 fully saturated rings. The molecule has 1 aliphatic rings. The van der Waals surface area contributed by atoms with Crippen molar-refractivity contribution < 1.29 is 4.42 Å². The summed E-state index contributed by atoms with van der Waals surface area (Å²) in [6.45, 7) is 0.568. The van der Waals surface area contributed by atoms with E-state index in [2.05, 4.69) is 15.6 Å². The summed E-state index contributed by atoms with van der Waals surface area (Å²) >= 11 is 11.6. The van der Waals surface area contributed by atoms with Crippen LogP contribution >= 0.6 is 23.2 Å². The van der Waals surface area contributed by atoms with Gasteiger partial charge in [0.15, 0.2) is 5.29 Å². The number of amidine groups is 1. The lowest BCUT2D eigenvalue weighted by atomic mass is 10.4. The Kier molecular flexibility index (Phi) is 3.30. The van der Waals surface area contributed by atoms with Crippen molar-refractivity contribution in [2.75, 3.05) is 0 Å². The van der Waals surface area contributed by atoms with Crippen LogP contribution in [0.25, 0.3) is 0 Å². The van der Waals surface area contributed by atoms with Crippen LogP contribution < -0.4 is 10.6 Å².